The van der Waals surface area contributed by atoms with E-state index in [1.165, 1.54) is 0 Å². The Bertz CT molecular complexity index is 143. The normalized spacial score (nSPS) is 30.7. The minimum Gasteiger partial charge on any atom is -0.396 e. The molecule has 13 heavy (non-hydrogen) atoms. The second-order valence-corrected chi connectivity index (χ2v) is 3.90. The topological polar surface area (TPSA) is 23.5 Å². The third kappa shape index (κ3) is 3.24. The van der Waals surface area contributed by atoms with E-state index in [0.717, 1.165) is 32.4 Å². The first-order valence-electron chi connectivity index (χ1n) is 5.25. The molecule has 0 amide bonds. The summed E-state index contributed by atoms with van der Waals surface area (Å²) in [5.41, 5.74) is 0. The van der Waals surface area contributed by atoms with Crippen molar-refractivity contribution in [2.24, 2.45) is 5.92 Å². The Morgan fingerprint density at radius 2 is 2.31 bits per heavy atom. The largest absolute Gasteiger partial charge is 0.396 e. The number of halogens is 1. The zero-order valence-electron chi connectivity index (χ0n) is 8.38. The molecule has 1 rings (SSSR count). The Hall–Kier alpha value is -0.150. The highest BCUT2D eigenvalue weighted by molar-refractivity contribution is 4.79. The van der Waals surface area contributed by atoms with E-state index in [1.54, 1.807) is 0 Å². The van der Waals surface area contributed by atoms with Crippen LogP contribution < -0.4 is 0 Å². The van der Waals surface area contributed by atoms with Crippen LogP contribution in [0, 0.1) is 5.92 Å². The fourth-order valence-electron chi connectivity index (χ4n) is 1.81. The quantitative estimate of drug-likeness (QED) is 0.723. The van der Waals surface area contributed by atoms with E-state index in [9.17, 15) is 4.39 Å². The number of hydrogen-bond donors (Lipinski definition) is 1. The van der Waals surface area contributed by atoms with Crippen molar-refractivity contribution >= 4 is 0 Å². The second kappa shape index (κ2) is 5.55. The number of unbranched alkanes of at least 4 members (excludes halogenated alkanes) is 1. The van der Waals surface area contributed by atoms with Crippen LogP contribution >= 0.6 is 0 Å². The van der Waals surface area contributed by atoms with Gasteiger partial charge in [-0.25, -0.2) is 4.39 Å². The summed E-state index contributed by atoms with van der Waals surface area (Å²) >= 11 is 0. The summed E-state index contributed by atoms with van der Waals surface area (Å²) in [6.07, 6.45) is 2.30. The highest BCUT2D eigenvalue weighted by atomic mass is 19.1. The van der Waals surface area contributed by atoms with Crippen LogP contribution in [0.4, 0.5) is 4.39 Å². The summed E-state index contributed by atoms with van der Waals surface area (Å²) in [6, 6.07) is 0. The van der Waals surface area contributed by atoms with Crippen molar-refractivity contribution in [3.05, 3.63) is 0 Å². The van der Waals surface area contributed by atoms with Crippen LogP contribution in [0.1, 0.15) is 26.2 Å². The van der Waals surface area contributed by atoms with Gasteiger partial charge in [-0.1, -0.05) is 13.3 Å². The van der Waals surface area contributed by atoms with Gasteiger partial charge in [0.1, 0.15) is 6.17 Å². The zero-order chi connectivity index (χ0) is 9.68. The van der Waals surface area contributed by atoms with Crippen molar-refractivity contribution in [3.63, 3.8) is 0 Å². The SMILES string of the molecule is CCCCN1CC[C@H](CO)[C@H](F)C1. The van der Waals surface area contributed by atoms with Crippen molar-refractivity contribution in [2.75, 3.05) is 26.2 Å². The van der Waals surface area contributed by atoms with E-state index in [4.69, 9.17) is 5.11 Å². The van der Waals surface area contributed by atoms with Crippen LogP contribution in [0.25, 0.3) is 0 Å². The maximum absolute atomic E-state index is 13.3. The predicted molar refractivity (Wildman–Crippen MR) is 51.4 cm³/mol. The van der Waals surface area contributed by atoms with Crippen LogP contribution in [0.5, 0.6) is 0 Å². The Balaban J connectivity index is 2.24. The zero-order valence-corrected chi connectivity index (χ0v) is 8.38. The molecule has 1 heterocycles. The monoisotopic (exact) mass is 189 g/mol. The summed E-state index contributed by atoms with van der Waals surface area (Å²) in [7, 11) is 0. The molecule has 2 nitrogen and oxygen atoms in total. The van der Waals surface area contributed by atoms with Crippen molar-refractivity contribution in [2.45, 2.75) is 32.4 Å². The lowest BCUT2D eigenvalue weighted by atomic mass is 9.96. The molecule has 0 aliphatic carbocycles. The fraction of sp³-hybridized carbons (Fsp3) is 1.00. The van der Waals surface area contributed by atoms with Gasteiger partial charge in [0, 0.05) is 19.1 Å². The van der Waals surface area contributed by atoms with Crippen LogP contribution in [0.15, 0.2) is 0 Å². The molecule has 0 radical (unpaired) electrons. The Labute approximate surface area is 79.7 Å². The fourth-order valence-corrected chi connectivity index (χ4v) is 1.81. The summed E-state index contributed by atoms with van der Waals surface area (Å²) in [5.74, 6) is -0.113. The molecule has 1 aliphatic rings. The van der Waals surface area contributed by atoms with Gasteiger partial charge in [0.25, 0.3) is 0 Å². The molecule has 0 spiro atoms. The van der Waals surface area contributed by atoms with Crippen molar-refractivity contribution in [1.82, 2.24) is 4.90 Å². The molecule has 0 aromatic carbocycles. The molecule has 0 aromatic rings. The molecule has 3 heteroatoms. The Morgan fingerprint density at radius 1 is 1.54 bits per heavy atom. The van der Waals surface area contributed by atoms with Crippen molar-refractivity contribution < 1.29 is 9.50 Å². The van der Waals surface area contributed by atoms with E-state index in [0.29, 0.717) is 6.54 Å². The smallest absolute Gasteiger partial charge is 0.118 e. The number of nitrogens with zero attached hydrogens (tertiary/aromatic N) is 1. The van der Waals surface area contributed by atoms with Crippen LogP contribution in [0.2, 0.25) is 0 Å². The number of aliphatic hydroxyl groups excluding tert-OH is 1. The van der Waals surface area contributed by atoms with Crippen LogP contribution in [-0.4, -0.2) is 42.4 Å². The summed E-state index contributed by atoms with van der Waals surface area (Å²) in [6.45, 7) is 4.63. The summed E-state index contributed by atoms with van der Waals surface area (Å²) in [4.78, 5) is 2.17. The summed E-state index contributed by atoms with van der Waals surface area (Å²) < 4.78 is 13.3. The van der Waals surface area contributed by atoms with E-state index in [1.807, 2.05) is 0 Å². The molecule has 1 N–H and O–H groups in total. The van der Waals surface area contributed by atoms with Gasteiger partial charge in [0.2, 0.25) is 0 Å². The standard InChI is InChI=1S/C10H20FNO/c1-2-3-5-12-6-4-9(8-13)10(11)7-12/h9-10,13H,2-8H2,1H3/t9-,10-/m1/s1. The van der Waals surface area contributed by atoms with E-state index < -0.39 is 6.17 Å². The number of rotatable bonds is 4. The molecule has 1 fully saturated rings. The molecule has 0 unspecified atom stereocenters. The average molecular weight is 189 g/mol. The summed E-state index contributed by atoms with van der Waals surface area (Å²) in [5, 5.41) is 8.87. The maximum Gasteiger partial charge on any atom is 0.118 e. The van der Waals surface area contributed by atoms with Crippen LogP contribution in [0.3, 0.4) is 0 Å². The number of likely N-dealkylation sites (tertiary alicyclic amines) is 1. The third-order valence-electron chi connectivity index (χ3n) is 2.82. The third-order valence-corrected chi connectivity index (χ3v) is 2.82. The van der Waals surface area contributed by atoms with Crippen molar-refractivity contribution in [3.8, 4) is 0 Å². The highest BCUT2D eigenvalue weighted by Crippen LogP contribution is 2.20. The molecular weight excluding hydrogens is 169 g/mol. The maximum atomic E-state index is 13.3. The van der Waals surface area contributed by atoms with Gasteiger partial charge in [-0.2, -0.15) is 0 Å². The second-order valence-electron chi connectivity index (χ2n) is 3.90. The van der Waals surface area contributed by atoms with Gasteiger partial charge in [-0.3, -0.25) is 0 Å². The first-order chi connectivity index (χ1) is 6.27. The highest BCUT2D eigenvalue weighted by Gasteiger charge is 2.27. The van der Waals surface area contributed by atoms with Gasteiger partial charge in [-0.05, 0) is 25.9 Å². The van der Waals surface area contributed by atoms with E-state index in [2.05, 4.69) is 11.8 Å². The Kier molecular flexibility index (Phi) is 4.67. The Morgan fingerprint density at radius 3 is 2.85 bits per heavy atom. The van der Waals surface area contributed by atoms with Gasteiger partial charge in [0.15, 0.2) is 0 Å². The first kappa shape index (κ1) is 10.9. The molecule has 2 atom stereocenters. The number of hydrogen-bond acceptors (Lipinski definition) is 2. The molecule has 1 saturated heterocycles. The molecule has 0 bridgehead atoms. The number of alkyl halides is 1. The average Bonchev–Trinajstić information content (AvgIpc) is 2.15. The van der Waals surface area contributed by atoms with E-state index in [-0.39, 0.29) is 12.5 Å². The number of aliphatic hydroxyl groups is 1. The lowest BCUT2D eigenvalue weighted by Crippen LogP contribution is -2.43. The lowest BCUT2D eigenvalue weighted by molar-refractivity contribution is 0.0500. The van der Waals surface area contributed by atoms with E-state index >= 15 is 0 Å². The van der Waals surface area contributed by atoms with Gasteiger partial charge in [-0.15, -0.1) is 0 Å². The minimum atomic E-state index is -0.824. The van der Waals surface area contributed by atoms with Crippen molar-refractivity contribution in [1.29, 1.82) is 0 Å². The number of piperidine rings is 1. The predicted octanol–water partition coefficient (Wildman–Crippen LogP) is 1.44. The minimum absolute atomic E-state index is 0.00276. The lowest BCUT2D eigenvalue weighted by Gasteiger charge is -2.33. The molecule has 0 aromatic heterocycles. The molecular formula is C10H20FNO. The molecule has 0 saturated carbocycles. The van der Waals surface area contributed by atoms with Crippen LogP contribution in [-0.2, 0) is 0 Å². The van der Waals surface area contributed by atoms with Gasteiger partial charge < -0.3 is 10.0 Å². The first-order valence-corrected chi connectivity index (χ1v) is 5.25. The van der Waals surface area contributed by atoms with Gasteiger partial charge >= 0.3 is 0 Å². The van der Waals surface area contributed by atoms with Gasteiger partial charge in [0.05, 0.1) is 0 Å². The molecule has 1 aliphatic heterocycles. The molecule has 78 valence electrons.